The van der Waals surface area contributed by atoms with Gasteiger partial charge in [0, 0.05) is 45.6 Å². The first-order chi connectivity index (χ1) is 10.6. The van der Waals surface area contributed by atoms with Crippen LogP contribution < -0.4 is 10.6 Å². The SMILES string of the molecule is CN=C(NCc1ccnn1C)NCC1(N(C)C)CCOCC1. The summed E-state index contributed by atoms with van der Waals surface area (Å²) in [6.45, 7) is 3.20. The summed E-state index contributed by atoms with van der Waals surface area (Å²) < 4.78 is 7.37. The molecule has 0 saturated carbocycles. The third-order valence-corrected chi connectivity index (χ3v) is 4.54. The van der Waals surface area contributed by atoms with Gasteiger partial charge in [0.25, 0.3) is 0 Å². The van der Waals surface area contributed by atoms with E-state index < -0.39 is 0 Å². The predicted molar refractivity (Wildman–Crippen MR) is 87.9 cm³/mol. The van der Waals surface area contributed by atoms with E-state index in [1.165, 1.54) is 0 Å². The number of nitrogens with zero attached hydrogens (tertiary/aromatic N) is 4. The van der Waals surface area contributed by atoms with E-state index in [-0.39, 0.29) is 5.54 Å². The van der Waals surface area contributed by atoms with Crippen LogP contribution in [0.2, 0.25) is 0 Å². The second-order valence-corrected chi connectivity index (χ2v) is 5.96. The van der Waals surface area contributed by atoms with Crippen molar-refractivity contribution in [2.45, 2.75) is 24.9 Å². The molecule has 1 aliphatic rings. The molecule has 0 unspecified atom stereocenters. The summed E-state index contributed by atoms with van der Waals surface area (Å²) >= 11 is 0. The molecule has 0 atom stereocenters. The van der Waals surface area contributed by atoms with Crippen LogP contribution in [0.3, 0.4) is 0 Å². The summed E-state index contributed by atoms with van der Waals surface area (Å²) in [5, 5.41) is 11.0. The second-order valence-electron chi connectivity index (χ2n) is 5.96. The van der Waals surface area contributed by atoms with Crippen LogP contribution in [-0.2, 0) is 18.3 Å². The average Bonchev–Trinajstić information content (AvgIpc) is 2.93. The Bertz CT molecular complexity index is 490. The number of rotatable bonds is 5. The molecule has 0 aromatic carbocycles. The van der Waals surface area contributed by atoms with E-state index in [9.17, 15) is 0 Å². The number of guanidine groups is 1. The van der Waals surface area contributed by atoms with Crippen molar-refractivity contribution < 1.29 is 4.74 Å². The highest BCUT2D eigenvalue weighted by Gasteiger charge is 2.34. The lowest BCUT2D eigenvalue weighted by molar-refractivity contribution is -0.00501. The van der Waals surface area contributed by atoms with Crippen LogP contribution in [0.5, 0.6) is 0 Å². The molecule has 1 fully saturated rings. The third-order valence-electron chi connectivity index (χ3n) is 4.54. The minimum absolute atomic E-state index is 0.127. The molecule has 22 heavy (non-hydrogen) atoms. The van der Waals surface area contributed by atoms with Crippen molar-refractivity contribution in [3.8, 4) is 0 Å². The normalized spacial score (nSPS) is 18.5. The molecule has 0 aliphatic carbocycles. The van der Waals surface area contributed by atoms with Crippen LogP contribution >= 0.6 is 0 Å². The lowest BCUT2D eigenvalue weighted by Gasteiger charge is -2.43. The molecule has 2 rings (SSSR count). The molecule has 1 saturated heterocycles. The Morgan fingerprint density at radius 1 is 1.41 bits per heavy atom. The minimum Gasteiger partial charge on any atom is -0.381 e. The van der Waals surface area contributed by atoms with Gasteiger partial charge in [-0.1, -0.05) is 0 Å². The van der Waals surface area contributed by atoms with E-state index in [0.717, 1.165) is 44.3 Å². The fourth-order valence-corrected chi connectivity index (χ4v) is 2.75. The fraction of sp³-hybridized carbons (Fsp3) is 0.733. The van der Waals surface area contributed by atoms with E-state index in [0.29, 0.717) is 6.54 Å². The van der Waals surface area contributed by atoms with Crippen LogP contribution in [0.4, 0.5) is 0 Å². The first kappa shape index (κ1) is 16.8. The highest BCUT2D eigenvalue weighted by molar-refractivity contribution is 5.79. The van der Waals surface area contributed by atoms with E-state index in [2.05, 4.69) is 39.7 Å². The average molecular weight is 308 g/mol. The molecule has 2 heterocycles. The van der Waals surface area contributed by atoms with Crippen LogP contribution in [0.15, 0.2) is 17.3 Å². The maximum atomic E-state index is 5.51. The molecule has 1 aliphatic heterocycles. The van der Waals surface area contributed by atoms with E-state index in [4.69, 9.17) is 4.74 Å². The summed E-state index contributed by atoms with van der Waals surface area (Å²) in [6.07, 6.45) is 3.87. The Morgan fingerprint density at radius 3 is 2.68 bits per heavy atom. The molecule has 7 heteroatoms. The topological polar surface area (TPSA) is 66.7 Å². The summed E-state index contributed by atoms with van der Waals surface area (Å²) in [6, 6.07) is 2.00. The van der Waals surface area contributed by atoms with E-state index >= 15 is 0 Å². The number of ether oxygens (including phenoxy) is 1. The molecule has 0 bridgehead atoms. The summed E-state index contributed by atoms with van der Waals surface area (Å²) in [5.74, 6) is 0.814. The largest absolute Gasteiger partial charge is 0.381 e. The van der Waals surface area contributed by atoms with Crippen molar-refractivity contribution >= 4 is 5.96 Å². The summed E-state index contributed by atoms with van der Waals surface area (Å²) in [7, 11) is 8.01. The number of likely N-dealkylation sites (N-methyl/N-ethyl adjacent to an activating group) is 1. The zero-order valence-electron chi connectivity index (χ0n) is 14.1. The molecule has 1 aromatic rings. The minimum atomic E-state index is 0.127. The Hall–Kier alpha value is -1.60. The Kier molecular flexibility index (Phi) is 5.79. The highest BCUT2D eigenvalue weighted by Crippen LogP contribution is 2.24. The van der Waals surface area contributed by atoms with Crippen molar-refractivity contribution in [2.75, 3.05) is 40.9 Å². The Morgan fingerprint density at radius 2 is 2.14 bits per heavy atom. The van der Waals surface area contributed by atoms with Gasteiger partial charge in [-0.25, -0.2) is 0 Å². The lowest BCUT2D eigenvalue weighted by Crippen LogP contribution is -2.57. The van der Waals surface area contributed by atoms with Gasteiger partial charge in [0.1, 0.15) is 0 Å². The standard InChI is InChI=1S/C15H28N6O/c1-16-14(17-11-13-5-8-19-21(13)4)18-12-15(20(2)3)6-9-22-10-7-15/h5,8H,6-7,9-12H2,1-4H3,(H2,16,17,18). The van der Waals surface area contributed by atoms with Gasteiger partial charge in [-0.2, -0.15) is 5.10 Å². The monoisotopic (exact) mass is 308 g/mol. The number of nitrogens with one attached hydrogen (secondary N) is 2. The number of hydrogen-bond donors (Lipinski definition) is 2. The predicted octanol–water partition coefficient (Wildman–Crippen LogP) is 0.196. The smallest absolute Gasteiger partial charge is 0.191 e. The van der Waals surface area contributed by atoms with Gasteiger partial charge >= 0.3 is 0 Å². The van der Waals surface area contributed by atoms with Gasteiger partial charge in [0.15, 0.2) is 5.96 Å². The molecule has 2 N–H and O–H groups in total. The molecule has 0 amide bonds. The lowest BCUT2D eigenvalue weighted by atomic mass is 9.88. The fourth-order valence-electron chi connectivity index (χ4n) is 2.75. The zero-order valence-corrected chi connectivity index (χ0v) is 14.1. The summed E-state index contributed by atoms with van der Waals surface area (Å²) in [5.41, 5.74) is 1.25. The van der Waals surface area contributed by atoms with Crippen molar-refractivity contribution in [2.24, 2.45) is 12.0 Å². The number of aromatic nitrogens is 2. The zero-order chi connectivity index (χ0) is 16.0. The van der Waals surface area contributed by atoms with Crippen molar-refractivity contribution in [3.63, 3.8) is 0 Å². The molecule has 124 valence electrons. The van der Waals surface area contributed by atoms with Gasteiger partial charge in [-0.05, 0) is 33.0 Å². The van der Waals surface area contributed by atoms with Gasteiger partial charge in [-0.15, -0.1) is 0 Å². The highest BCUT2D eigenvalue weighted by atomic mass is 16.5. The van der Waals surface area contributed by atoms with Gasteiger partial charge in [-0.3, -0.25) is 9.67 Å². The van der Waals surface area contributed by atoms with Crippen LogP contribution in [-0.4, -0.2) is 67.1 Å². The van der Waals surface area contributed by atoms with Crippen LogP contribution in [0.25, 0.3) is 0 Å². The molecular formula is C15H28N6O. The third kappa shape index (κ3) is 3.98. The van der Waals surface area contributed by atoms with Crippen molar-refractivity contribution in [3.05, 3.63) is 18.0 Å². The maximum absolute atomic E-state index is 5.51. The molecule has 0 spiro atoms. The Labute approximate surface area is 132 Å². The van der Waals surface area contributed by atoms with Gasteiger partial charge in [0.2, 0.25) is 0 Å². The van der Waals surface area contributed by atoms with Crippen LogP contribution in [0, 0.1) is 0 Å². The number of aliphatic imine (C=N–C) groups is 1. The number of hydrogen-bond acceptors (Lipinski definition) is 4. The quantitative estimate of drug-likeness (QED) is 0.601. The van der Waals surface area contributed by atoms with Crippen LogP contribution in [0.1, 0.15) is 18.5 Å². The maximum Gasteiger partial charge on any atom is 0.191 e. The molecule has 1 aromatic heterocycles. The van der Waals surface area contributed by atoms with E-state index in [1.54, 1.807) is 13.2 Å². The van der Waals surface area contributed by atoms with E-state index in [1.807, 2.05) is 17.8 Å². The first-order valence-corrected chi connectivity index (χ1v) is 7.74. The molecular weight excluding hydrogens is 280 g/mol. The summed E-state index contributed by atoms with van der Waals surface area (Å²) in [4.78, 5) is 6.61. The Balaban J connectivity index is 1.88. The second kappa shape index (κ2) is 7.60. The van der Waals surface area contributed by atoms with Crippen molar-refractivity contribution in [1.29, 1.82) is 0 Å². The molecule has 0 radical (unpaired) electrons. The molecule has 7 nitrogen and oxygen atoms in total. The van der Waals surface area contributed by atoms with Gasteiger partial charge in [0.05, 0.1) is 12.2 Å². The van der Waals surface area contributed by atoms with Gasteiger partial charge < -0.3 is 20.3 Å². The van der Waals surface area contributed by atoms with Crippen molar-refractivity contribution in [1.82, 2.24) is 25.3 Å². The number of aryl methyl sites for hydroxylation is 1. The first-order valence-electron chi connectivity index (χ1n) is 7.74.